The molecule has 1 aromatic heterocycles. The van der Waals surface area contributed by atoms with Crippen LogP contribution in [0.25, 0.3) is 10.9 Å². The molecule has 1 aliphatic heterocycles. The van der Waals surface area contributed by atoms with Gasteiger partial charge in [0.05, 0.1) is 24.1 Å². The van der Waals surface area contributed by atoms with E-state index < -0.39 is 11.4 Å². The van der Waals surface area contributed by atoms with Gasteiger partial charge in [-0.25, -0.2) is 4.98 Å². The summed E-state index contributed by atoms with van der Waals surface area (Å²) in [5, 5.41) is 0.982. The average Bonchev–Trinajstić information content (AvgIpc) is 2.96. The van der Waals surface area contributed by atoms with E-state index >= 15 is 0 Å². The first-order valence-electron chi connectivity index (χ1n) is 8.01. The fraction of sp³-hybridized carbons (Fsp3) is 0.389. The van der Waals surface area contributed by atoms with Gasteiger partial charge in [-0.3, -0.25) is 9.59 Å². The summed E-state index contributed by atoms with van der Waals surface area (Å²) < 4.78 is 5.29. The van der Waals surface area contributed by atoms with Crippen molar-refractivity contribution in [2.45, 2.75) is 24.8 Å². The van der Waals surface area contributed by atoms with Crippen molar-refractivity contribution in [2.24, 2.45) is 5.73 Å². The first kappa shape index (κ1) is 16.4. The number of fused-ring (bicyclic) bond motifs is 1. The summed E-state index contributed by atoms with van der Waals surface area (Å²) >= 11 is 0. The lowest BCUT2D eigenvalue weighted by molar-refractivity contribution is -0.121. The molecule has 0 spiro atoms. The number of methoxy groups -OCH3 is 1. The highest BCUT2D eigenvalue weighted by Gasteiger charge is 2.45. The molecule has 1 aliphatic rings. The number of primary amides is 1. The van der Waals surface area contributed by atoms with Gasteiger partial charge in [-0.1, -0.05) is 24.3 Å². The lowest BCUT2D eigenvalue weighted by Crippen LogP contribution is -2.52. The van der Waals surface area contributed by atoms with E-state index in [0.717, 1.165) is 17.3 Å². The molecule has 2 aromatic rings. The zero-order chi connectivity index (χ0) is 17.2. The second-order valence-corrected chi connectivity index (χ2v) is 6.25. The predicted octanol–water partition coefficient (Wildman–Crippen LogP) is 1.73. The van der Waals surface area contributed by atoms with Gasteiger partial charge in [0.1, 0.15) is 5.69 Å². The van der Waals surface area contributed by atoms with E-state index in [1.807, 2.05) is 30.3 Å². The zero-order valence-electron chi connectivity index (χ0n) is 13.7. The summed E-state index contributed by atoms with van der Waals surface area (Å²) in [7, 11) is 1.57. The maximum atomic E-state index is 13.0. The minimum absolute atomic E-state index is 0.0974. The summed E-state index contributed by atoms with van der Waals surface area (Å²) in [6.45, 7) is 0.860. The molecular weight excluding hydrogens is 306 g/mol. The lowest BCUT2D eigenvalue weighted by atomic mass is 9.92. The van der Waals surface area contributed by atoms with Crippen molar-refractivity contribution in [3.63, 3.8) is 0 Å². The van der Waals surface area contributed by atoms with E-state index in [0.29, 0.717) is 18.7 Å². The van der Waals surface area contributed by atoms with Gasteiger partial charge in [0.2, 0.25) is 5.91 Å². The summed E-state index contributed by atoms with van der Waals surface area (Å²) in [6.07, 6.45) is 1.61. The quantitative estimate of drug-likeness (QED) is 0.906. The smallest absolute Gasteiger partial charge is 0.273 e. The van der Waals surface area contributed by atoms with Crippen molar-refractivity contribution in [1.29, 1.82) is 0 Å². The largest absolute Gasteiger partial charge is 0.382 e. The van der Waals surface area contributed by atoms with Crippen molar-refractivity contribution in [1.82, 2.24) is 9.88 Å². The van der Waals surface area contributed by atoms with E-state index in [-0.39, 0.29) is 18.9 Å². The zero-order valence-corrected chi connectivity index (χ0v) is 13.7. The van der Waals surface area contributed by atoms with Crippen LogP contribution in [0, 0.1) is 0 Å². The Balaban J connectivity index is 1.94. The molecule has 1 fully saturated rings. The molecule has 6 heteroatoms. The summed E-state index contributed by atoms with van der Waals surface area (Å²) in [4.78, 5) is 30.7. The van der Waals surface area contributed by atoms with Crippen molar-refractivity contribution in [3.8, 4) is 0 Å². The van der Waals surface area contributed by atoms with Crippen molar-refractivity contribution in [3.05, 3.63) is 42.1 Å². The summed E-state index contributed by atoms with van der Waals surface area (Å²) in [6, 6.07) is 11.3. The Morgan fingerprint density at radius 1 is 1.29 bits per heavy atom. The number of likely N-dealkylation sites (tertiary alicyclic amines) is 1. The van der Waals surface area contributed by atoms with Crippen LogP contribution in [0.15, 0.2) is 36.4 Å². The van der Waals surface area contributed by atoms with E-state index in [4.69, 9.17) is 10.5 Å². The third kappa shape index (κ3) is 2.97. The number of aromatic nitrogens is 1. The third-order valence-electron chi connectivity index (χ3n) is 4.58. The van der Waals surface area contributed by atoms with Gasteiger partial charge in [0, 0.05) is 19.0 Å². The number of carbonyl (C=O) groups excluding carboxylic acids is 2. The van der Waals surface area contributed by atoms with Crippen LogP contribution >= 0.6 is 0 Å². The molecule has 1 aromatic carbocycles. The summed E-state index contributed by atoms with van der Waals surface area (Å²) in [5.74, 6) is -0.616. The number of amides is 2. The van der Waals surface area contributed by atoms with E-state index in [1.54, 1.807) is 18.1 Å². The second kappa shape index (κ2) is 6.57. The predicted molar refractivity (Wildman–Crippen MR) is 90.4 cm³/mol. The van der Waals surface area contributed by atoms with Crippen LogP contribution < -0.4 is 5.73 Å². The number of benzene rings is 1. The number of carbonyl (C=O) groups is 2. The first-order valence-corrected chi connectivity index (χ1v) is 8.01. The third-order valence-corrected chi connectivity index (χ3v) is 4.58. The molecule has 126 valence electrons. The Kier molecular flexibility index (Phi) is 4.49. The number of hydrogen-bond acceptors (Lipinski definition) is 4. The van der Waals surface area contributed by atoms with E-state index in [2.05, 4.69) is 4.98 Å². The molecule has 0 unspecified atom stereocenters. The second-order valence-electron chi connectivity index (χ2n) is 6.25. The van der Waals surface area contributed by atoms with Gasteiger partial charge < -0.3 is 15.4 Å². The Bertz CT molecular complexity index is 777. The van der Waals surface area contributed by atoms with Crippen molar-refractivity contribution in [2.75, 3.05) is 20.3 Å². The maximum absolute atomic E-state index is 13.0. The topological polar surface area (TPSA) is 85.5 Å². The molecule has 1 atom stereocenters. The molecule has 0 bridgehead atoms. The van der Waals surface area contributed by atoms with Crippen LogP contribution in [-0.4, -0.2) is 47.5 Å². The highest BCUT2D eigenvalue weighted by Crippen LogP contribution is 2.34. The van der Waals surface area contributed by atoms with Crippen LogP contribution in [0.2, 0.25) is 0 Å². The number of ether oxygens (including phenoxy) is 1. The number of nitrogens with two attached hydrogens (primary N) is 1. The first-order chi connectivity index (χ1) is 11.6. The number of nitrogens with zero attached hydrogens (tertiary/aromatic N) is 2. The van der Waals surface area contributed by atoms with Crippen molar-refractivity contribution < 1.29 is 14.3 Å². The van der Waals surface area contributed by atoms with E-state index in [9.17, 15) is 9.59 Å². The van der Waals surface area contributed by atoms with Crippen molar-refractivity contribution >= 4 is 22.7 Å². The molecule has 2 N–H and O–H groups in total. The molecule has 0 aliphatic carbocycles. The molecule has 1 saturated heterocycles. The lowest BCUT2D eigenvalue weighted by Gasteiger charge is -2.37. The van der Waals surface area contributed by atoms with Crippen LogP contribution in [-0.2, 0) is 9.53 Å². The Morgan fingerprint density at radius 3 is 2.83 bits per heavy atom. The minimum Gasteiger partial charge on any atom is -0.382 e. The van der Waals surface area contributed by atoms with Crippen LogP contribution in [0.5, 0.6) is 0 Å². The van der Waals surface area contributed by atoms with Crippen LogP contribution in [0.3, 0.4) is 0 Å². The van der Waals surface area contributed by atoms with Gasteiger partial charge in [0.25, 0.3) is 5.91 Å². The molecule has 3 rings (SSSR count). The normalized spacial score (nSPS) is 20.5. The molecule has 24 heavy (non-hydrogen) atoms. The fourth-order valence-corrected chi connectivity index (χ4v) is 3.56. The highest BCUT2D eigenvalue weighted by atomic mass is 16.5. The Labute approximate surface area is 140 Å². The molecule has 0 radical (unpaired) electrons. The number of pyridine rings is 1. The monoisotopic (exact) mass is 327 g/mol. The SMILES string of the molecule is COC[C@@]1(CC(N)=O)CCCN1C(=O)c1ccc2ccccc2n1. The Hall–Kier alpha value is -2.47. The molecular formula is C18H21N3O3. The number of hydrogen-bond donors (Lipinski definition) is 1. The van der Waals surface area contributed by atoms with Gasteiger partial charge in [0.15, 0.2) is 0 Å². The average molecular weight is 327 g/mol. The number of rotatable bonds is 5. The molecule has 6 nitrogen and oxygen atoms in total. The number of para-hydroxylation sites is 1. The maximum Gasteiger partial charge on any atom is 0.273 e. The van der Waals surface area contributed by atoms with Gasteiger partial charge >= 0.3 is 0 Å². The molecule has 2 heterocycles. The summed E-state index contributed by atoms with van der Waals surface area (Å²) in [5.41, 5.74) is 5.89. The molecule has 2 amide bonds. The fourth-order valence-electron chi connectivity index (χ4n) is 3.56. The standard InChI is InChI=1S/C18H21N3O3/c1-24-12-18(11-16(19)22)9-4-10-21(18)17(23)15-8-7-13-5-2-3-6-14(13)20-15/h2-3,5-8H,4,9-12H2,1H3,(H2,19,22)/t18-/m0/s1. The highest BCUT2D eigenvalue weighted by molar-refractivity contribution is 5.96. The Morgan fingerprint density at radius 2 is 2.08 bits per heavy atom. The molecule has 0 saturated carbocycles. The van der Waals surface area contributed by atoms with Gasteiger partial charge in [-0.05, 0) is 25.0 Å². The van der Waals surface area contributed by atoms with Gasteiger partial charge in [-0.15, -0.1) is 0 Å². The van der Waals surface area contributed by atoms with Crippen LogP contribution in [0.1, 0.15) is 29.8 Å². The van der Waals surface area contributed by atoms with Crippen LogP contribution in [0.4, 0.5) is 0 Å². The van der Waals surface area contributed by atoms with E-state index in [1.165, 1.54) is 0 Å². The minimum atomic E-state index is -0.676. The van der Waals surface area contributed by atoms with Gasteiger partial charge in [-0.2, -0.15) is 0 Å².